The Morgan fingerprint density at radius 2 is 1.50 bits per heavy atom. The summed E-state index contributed by atoms with van der Waals surface area (Å²) in [5.74, 6) is 1.95. The van der Waals surface area contributed by atoms with E-state index >= 15 is 0 Å². The van der Waals surface area contributed by atoms with Crippen LogP contribution in [0.5, 0.6) is 11.5 Å². The van der Waals surface area contributed by atoms with E-state index in [1.54, 1.807) is 0 Å². The van der Waals surface area contributed by atoms with Crippen LogP contribution < -0.4 is 14.4 Å². The number of nitrogens with zero attached hydrogens (tertiary/aromatic N) is 1. The lowest BCUT2D eigenvalue weighted by atomic mass is 9.86. The second-order valence-electron chi connectivity index (χ2n) is 9.05. The monoisotopic (exact) mass is 457 g/mol. The van der Waals surface area contributed by atoms with E-state index in [0.29, 0.717) is 31.3 Å². The normalized spacial score (nSPS) is 15.4. The Kier molecular flexibility index (Phi) is 7.26. The quantitative estimate of drug-likeness (QED) is 0.371. The Balaban J connectivity index is 1.88. The van der Waals surface area contributed by atoms with Crippen LogP contribution in [0.25, 0.3) is 0 Å². The molecule has 4 nitrogen and oxygen atoms in total. The average Bonchev–Trinajstić information content (AvgIpc) is 2.84. The van der Waals surface area contributed by atoms with Crippen LogP contribution in [-0.2, 0) is 17.6 Å². The molecule has 0 spiro atoms. The third kappa shape index (κ3) is 4.68. The summed E-state index contributed by atoms with van der Waals surface area (Å²) in [7, 11) is 0. The predicted molar refractivity (Wildman–Crippen MR) is 138 cm³/mol. The van der Waals surface area contributed by atoms with Gasteiger partial charge >= 0.3 is 0 Å². The largest absolute Gasteiger partial charge is 0.490 e. The summed E-state index contributed by atoms with van der Waals surface area (Å²) in [5.41, 5.74) is 6.63. The maximum absolute atomic E-state index is 13.6. The Labute approximate surface area is 203 Å². The van der Waals surface area contributed by atoms with Crippen LogP contribution in [0.2, 0.25) is 0 Å². The van der Waals surface area contributed by atoms with E-state index in [1.165, 1.54) is 11.1 Å². The highest BCUT2D eigenvalue weighted by Gasteiger charge is 2.36. The molecule has 1 heterocycles. The van der Waals surface area contributed by atoms with Crippen LogP contribution in [0.4, 0.5) is 5.69 Å². The molecule has 4 rings (SSSR count). The Bertz CT molecular complexity index is 1130. The molecule has 3 aromatic carbocycles. The molecule has 34 heavy (non-hydrogen) atoms. The molecule has 0 aromatic heterocycles. The molecule has 3 aromatic rings. The predicted octanol–water partition coefficient (Wildman–Crippen LogP) is 6.85. The van der Waals surface area contributed by atoms with Gasteiger partial charge in [-0.2, -0.15) is 0 Å². The van der Waals surface area contributed by atoms with Crippen molar-refractivity contribution in [3.8, 4) is 11.5 Å². The fourth-order valence-electron chi connectivity index (χ4n) is 4.67. The molecule has 178 valence electrons. The topological polar surface area (TPSA) is 38.8 Å². The third-order valence-electron chi connectivity index (χ3n) is 6.51. The number of fused-ring (bicyclic) bond motifs is 1. The van der Waals surface area contributed by atoms with Gasteiger partial charge in [-0.3, -0.25) is 4.79 Å². The molecular formula is C30H35NO3. The number of hydrogen-bond donors (Lipinski definition) is 0. The molecule has 0 aliphatic carbocycles. The Morgan fingerprint density at radius 3 is 2.06 bits per heavy atom. The first-order valence-electron chi connectivity index (χ1n) is 12.4. The minimum Gasteiger partial charge on any atom is -0.490 e. The molecule has 0 saturated carbocycles. The standard InChI is InChI=1S/C30H35NO3/c1-6-21-9-11-23(12-10-21)30-26-19-28(34-8-3)27(33-7-2)17-24(26)18-29(32)31(30)25-15-13-22(14-16-25)20(4)5/h9-17,19-20,30H,6-8,18H2,1-5H3. The van der Waals surface area contributed by atoms with E-state index in [-0.39, 0.29) is 11.9 Å². The Hall–Kier alpha value is -3.27. The molecule has 0 radical (unpaired) electrons. The van der Waals surface area contributed by atoms with Gasteiger partial charge in [0.05, 0.1) is 25.7 Å². The van der Waals surface area contributed by atoms with Gasteiger partial charge in [0.25, 0.3) is 0 Å². The number of benzene rings is 3. The van der Waals surface area contributed by atoms with Gasteiger partial charge in [0.2, 0.25) is 5.91 Å². The first kappa shape index (κ1) is 23.9. The molecule has 1 atom stereocenters. The van der Waals surface area contributed by atoms with Crippen LogP contribution in [0, 0.1) is 0 Å². The van der Waals surface area contributed by atoms with E-state index in [2.05, 4.69) is 75.4 Å². The van der Waals surface area contributed by atoms with Gasteiger partial charge in [0.15, 0.2) is 11.5 Å². The van der Waals surface area contributed by atoms with Crippen molar-refractivity contribution in [2.24, 2.45) is 0 Å². The van der Waals surface area contributed by atoms with Crippen molar-refractivity contribution >= 4 is 11.6 Å². The average molecular weight is 458 g/mol. The number of carbonyl (C=O) groups is 1. The maximum atomic E-state index is 13.6. The highest BCUT2D eigenvalue weighted by molar-refractivity contribution is 5.98. The first-order chi connectivity index (χ1) is 16.5. The summed E-state index contributed by atoms with van der Waals surface area (Å²) in [6.07, 6.45) is 1.31. The van der Waals surface area contributed by atoms with E-state index in [9.17, 15) is 4.79 Å². The zero-order chi connectivity index (χ0) is 24.2. The fraction of sp³-hybridized carbons (Fsp3) is 0.367. The van der Waals surface area contributed by atoms with E-state index < -0.39 is 0 Å². The number of anilines is 1. The number of rotatable bonds is 8. The molecule has 0 bridgehead atoms. The minimum absolute atomic E-state index is 0.0842. The molecule has 1 amide bonds. The van der Waals surface area contributed by atoms with Crippen LogP contribution in [-0.4, -0.2) is 19.1 Å². The number of carbonyl (C=O) groups excluding carboxylic acids is 1. The minimum atomic E-state index is -0.234. The lowest BCUT2D eigenvalue weighted by molar-refractivity contribution is -0.118. The number of hydrogen-bond acceptors (Lipinski definition) is 3. The molecule has 0 saturated heterocycles. The molecule has 1 aliphatic heterocycles. The highest BCUT2D eigenvalue weighted by Crippen LogP contribution is 2.43. The van der Waals surface area contributed by atoms with Gasteiger partial charge in [0, 0.05) is 5.69 Å². The van der Waals surface area contributed by atoms with Crippen LogP contribution in [0.3, 0.4) is 0 Å². The van der Waals surface area contributed by atoms with Crippen LogP contribution in [0.15, 0.2) is 60.7 Å². The molecule has 0 fully saturated rings. The lowest BCUT2D eigenvalue weighted by Gasteiger charge is -2.38. The molecule has 1 unspecified atom stereocenters. The summed E-state index contributed by atoms with van der Waals surface area (Å²) in [5, 5.41) is 0. The maximum Gasteiger partial charge on any atom is 0.232 e. The van der Waals surface area contributed by atoms with E-state index in [1.807, 2.05) is 24.8 Å². The number of amides is 1. The van der Waals surface area contributed by atoms with Crippen LogP contribution in [0.1, 0.15) is 74.4 Å². The van der Waals surface area contributed by atoms with E-state index in [0.717, 1.165) is 34.5 Å². The van der Waals surface area contributed by atoms with Gasteiger partial charge in [-0.25, -0.2) is 0 Å². The second kappa shape index (κ2) is 10.3. The molecule has 4 heteroatoms. The van der Waals surface area contributed by atoms with Gasteiger partial charge in [-0.05, 0) is 78.3 Å². The smallest absolute Gasteiger partial charge is 0.232 e. The summed E-state index contributed by atoms with van der Waals surface area (Å²) in [6.45, 7) is 11.5. The van der Waals surface area contributed by atoms with Gasteiger partial charge < -0.3 is 14.4 Å². The zero-order valence-corrected chi connectivity index (χ0v) is 20.9. The van der Waals surface area contributed by atoms with Crippen molar-refractivity contribution in [1.82, 2.24) is 0 Å². The van der Waals surface area contributed by atoms with Gasteiger partial charge in [0.1, 0.15) is 0 Å². The first-order valence-corrected chi connectivity index (χ1v) is 12.4. The van der Waals surface area contributed by atoms with Gasteiger partial charge in [-0.1, -0.05) is 57.2 Å². The summed E-state index contributed by atoms with van der Waals surface area (Å²) >= 11 is 0. The molecule has 1 aliphatic rings. The number of ether oxygens (including phenoxy) is 2. The van der Waals surface area contributed by atoms with Crippen molar-refractivity contribution in [1.29, 1.82) is 0 Å². The lowest BCUT2D eigenvalue weighted by Crippen LogP contribution is -2.41. The summed E-state index contributed by atoms with van der Waals surface area (Å²) < 4.78 is 11.8. The second-order valence-corrected chi connectivity index (χ2v) is 9.05. The van der Waals surface area contributed by atoms with Crippen molar-refractivity contribution in [3.05, 3.63) is 88.5 Å². The summed E-state index contributed by atoms with van der Waals surface area (Å²) in [6, 6.07) is 20.9. The van der Waals surface area contributed by atoms with Crippen molar-refractivity contribution in [2.45, 2.75) is 59.4 Å². The number of aryl methyl sites for hydroxylation is 1. The fourth-order valence-corrected chi connectivity index (χ4v) is 4.67. The SMILES string of the molecule is CCOc1cc2c(cc1OCC)C(c1ccc(CC)cc1)N(c1ccc(C(C)C)cc1)C(=O)C2. The summed E-state index contributed by atoms with van der Waals surface area (Å²) in [4.78, 5) is 15.6. The zero-order valence-electron chi connectivity index (χ0n) is 20.9. The molecular weight excluding hydrogens is 422 g/mol. The highest BCUT2D eigenvalue weighted by atomic mass is 16.5. The van der Waals surface area contributed by atoms with Crippen molar-refractivity contribution < 1.29 is 14.3 Å². The Morgan fingerprint density at radius 1 is 0.882 bits per heavy atom. The van der Waals surface area contributed by atoms with Gasteiger partial charge in [-0.15, -0.1) is 0 Å². The van der Waals surface area contributed by atoms with Crippen LogP contribution >= 0.6 is 0 Å². The molecule has 0 N–H and O–H groups in total. The van der Waals surface area contributed by atoms with Crippen molar-refractivity contribution in [2.75, 3.05) is 18.1 Å². The third-order valence-corrected chi connectivity index (χ3v) is 6.51. The van der Waals surface area contributed by atoms with Crippen molar-refractivity contribution in [3.63, 3.8) is 0 Å². The van der Waals surface area contributed by atoms with E-state index in [4.69, 9.17) is 9.47 Å².